The van der Waals surface area contributed by atoms with E-state index in [0.717, 1.165) is 21.9 Å². The zero-order valence-corrected chi connectivity index (χ0v) is 21.4. The second-order valence-electron chi connectivity index (χ2n) is 9.11. The first-order chi connectivity index (χ1) is 19.0. The molecule has 0 saturated carbocycles. The number of aromatic nitrogens is 1. The third-order valence-corrected chi connectivity index (χ3v) is 6.69. The van der Waals surface area contributed by atoms with Gasteiger partial charge in [-0.15, -0.1) is 0 Å². The Morgan fingerprint density at radius 2 is 1.56 bits per heavy atom. The van der Waals surface area contributed by atoms with E-state index in [9.17, 15) is 9.59 Å². The van der Waals surface area contributed by atoms with Gasteiger partial charge in [-0.05, 0) is 30.7 Å². The summed E-state index contributed by atoms with van der Waals surface area (Å²) in [6, 6.07) is 28.3. The summed E-state index contributed by atoms with van der Waals surface area (Å²) in [7, 11) is 1.53. The average molecular weight is 517 g/mol. The Balaban J connectivity index is 1.26. The van der Waals surface area contributed by atoms with Crippen LogP contribution in [0.1, 0.15) is 15.9 Å². The van der Waals surface area contributed by atoms with Gasteiger partial charge in [-0.3, -0.25) is 4.79 Å². The molecule has 0 unspecified atom stereocenters. The first-order valence-electron chi connectivity index (χ1n) is 12.4. The van der Waals surface area contributed by atoms with E-state index in [1.54, 1.807) is 6.07 Å². The molecule has 7 heteroatoms. The van der Waals surface area contributed by atoms with Crippen molar-refractivity contribution in [1.82, 2.24) is 4.98 Å². The number of nitrogens with one attached hydrogen (secondary N) is 1. The van der Waals surface area contributed by atoms with Gasteiger partial charge in [0, 0.05) is 27.8 Å². The summed E-state index contributed by atoms with van der Waals surface area (Å²) in [5.74, 6) is -0.633. The summed E-state index contributed by atoms with van der Waals surface area (Å²) < 4.78 is 17.0. The lowest BCUT2D eigenvalue weighted by Crippen LogP contribution is -2.22. The Labute approximate surface area is 224 Å². The van der Waals surface area contributed by atoms with E-state index < -0.39 is 18.5 Å². The first kappa shape index (κ1) is 24.2. The molecule has 2 heterocycles. The predicted molar refractivity (Wildman–Crippen MR) is 151 cm³/mol. The van der Waals surface area contributed by atoms with Gasteiger partial charge in [0.2, 0.25) is 0 Å². The number of furan rings is 1. The Morgan fingerprint density at radius 3 is 2.36 bits per heavy atom. The lowest BCUT2D eigenvalue weighted by molar-refractivity contribution is -0.119. The molecule has 0 aliphatic heterocycles. The second kappa shape index (κ2) is 9.95. The number of amides is 1. The molecule has 39 heavy (non-hydrogen) atoms. The van der Waals surface area contributed by atoms with Crippen LogP contribution in [0.2, 0.25) is 0 Å². The van der Waals surface area contributed by atoms with Crippen LogP contribution in [0.15, 0.2) is 95.4 Å². The second-order valence-corrected chi connectivity index (χ2v) is 9.11. The van der Waals surface area contributed by atoms with Crippen LogP contribution in [0.25, 0.3) is 44.1 Å². The van der Waals surface area contributed by atoms with Crippen LogP contribution in [0.5, 0.6) is 5.75 Å². The van der Waals surface area contributed by atoms with E-state index in [1.165, 1.54) is 7.11 Å². The number of ether oxygens (including phenoxy) is 2. The number of pyridine rings is 1. The third kappa shape index (κ3) is 4.44. The highest BCUT2D eigenvalue weighted by Gasteiger charge is 2.21. The van der Waals surface area contributed by atoms with Crippen molar-refractivity contribution in [3.05, 3.63) is 102 Å². The molecule has 0 atom stereocenters. The molecule has 0 aliphatic rings. The Hall–Kier alpha value is -5.17. The number of nitrogens with zero attached hydrogens (tertiary/aromatic N) is 1. The minimum atomic E-state index is -0.599. The molecule has 2 aromatic heterocycles. The van der Waals surface area contributed by atoms with Crippen molar-refractivity contribution in [2.75, 3.05) is 19.0 Å². The van der Waals surface area contributed by atoms with E-state index in [2.05, 4.69) is 5.32 Å². The maximum Gasteiger partial charge on any atom is 0.339 e. The lowest BCUT2D eigenvalue weighted by atomic mass is 9.98. The zero-order chi connectivity index (χ0) is 26.9. The van der Waals surface area contributed by atoms with Crippen molar-refractivity contribution in [1.29, 1.82) is 0 Å². The number of anilines is 1. The molecule has 0 radical (unpaired) electrons. The van der Waals surface area contributed by atoms with Gasteiger partial charge in [0.05, 0.1) is 29.6 Å². The van der Waals surface area contributed by atoms with Gasteiger partial charge < -0.3 is 19.2 Å². The van der Waals surface area contributed by atoms with Crippen molar-refractivity contribution < 1.29 is 23.5 Å². The SMILES string of the molecule is COc1cc2c(cc1NC(=O)COC(=O)c1c(C)c(-c3ccccc3)nc3ccccc13)oc1ccccc12. The molecule has 192 valence electrons. The standard InChI is InChI=1S/C32H24N2O5/c1-19-30(22-13-6-8-14-24(22)34-31(19)20-10-4-3-5-11-20)32(36)38-18-29(35)33-25-17-27-23(16-28(25)37-2)21-12-7-9-15-26(21)39-27/h3-17H,18H2,1-2H3,(H,33,35). The van der Waals surface area contributed by atoms with E-state index in [4.69, 9.17) is 18.9 Å². The number of hydrogen-bond acceptors (Lipinski definition) is 6. The summed E-state index contributed by atoms with van der Waals surface area (Å²) in [6.45, 7) is 1.36. The molecule has 0 aliphatic carbocycles. The molecule has 0 fully saturated rings. The minimum absolute atomic E-state index is 0.383. The van der Waals surface area contributed by atoms with E-state index in [0.29, 0.717) is 44.7 Å². The summed E-state index contributed by atoms with van der Waals surface area (Å²) in [6.07, 6.45) is 0. The quantitative estimate of drug-likeness (QED) is 0.242. The van der Waals surface area contributed by atoms with Crippen molar-refractivity contribution in [3.63, 3.8) is 0 Å². The van der Waals surface area contributed by atoms with Gasteiger partial charge >= 0.3 is 5.97 Å². The molecule has 1 amide bonds. The molecule has 1 N–H and O–H groups in total. The topological polar surface area (TPSA) is 90.7 Å². The normalized spacial score (nSPS) is 11.1. The van der Waals surface area contributed by atoms with Crippen LogP contribution >= 0.6 is 0 Å². The molecule has 7 nitrogen and oxygen atoms in total. The number of rotatable bonds is 6. The van der Waals surface area contributed by atoms with Crippen LogP contribution in [0, 0.1) is 6.92 Å². The highest BCUT2D eigenvalue weighted by Crippen LogP contribution is 2.36. The third-order valence-electron chi connectivity index (χ3n) is 6.69. The van der Waals surface area contributed by atoms with Crippen molar-refractivity contribution in [2.24, 2.45) is 0 Å². The number of hydrogen-bond donors (Lipinski definition) is 1. The number of esters is 1. The van der Waals surface area contributed by atoms with Gasteiger partial charge in [0.25, 0.3) is 5.91 Å². The number of fused-ring (bicyclic) bond motifs is 4. The predicted octanol–water partition coefficient (Wildman–Crippen LogP) is 6.91. The Morgan fingerprint density at radius 1 is 0.846 bits per heavy atom. The monoisotopic (exact) mass is 516 g/mol. The van der Waals surface area contributed by atoms with Gasteiger partial charge in [-0.1, -0.05) is 66.7 Å². The average Bonchev–Trinajstić information content (AvgIpc) is 3.33. The van der Waals surface area contributed by atoms with E-state index >= 15 is 0 Å². The first-order valence-corrected chi connectivity index (χ1v) is 12.4. The lowest BCUT2D eigenvalue weighted by Gasteiger charge is -2.14. The molecule has 6 rings (SSSR count). The van der Waals surface area contributed by atoms with Crippen molar-refractivity contribution in [2.45, 2.75) is 6.92 Å². The number of carbonyl (C=O) groups is 2. The fourth-order valence-corrected chi connectivity index (χ4v) is 4.85. The summed E-state index contributed by atoms with van der Waals surface area (Å²) in [4.78, 5) is 31.0. The number of carbonyl (C=O) groups excluding carboxylic acids is 2. The minimum Gasteiger partial charge on any atom is -0.495 e. The van der Waals surface area contributed by atoms with Crippen LogP contribution < -0.4 is 10.1 Å². The van der Waals surface area contributed by atoms with Crippen LogP contribution in [-0.4, -0.2) is 30.6 Å². The van der Waals surface area contributed by atoms with Gasteiger partial charge in [0.15, 0.2) is 6.61 Å². The van der Waals surface area contributed by atoms with Crippen LogP contribution in [0.3, 0.4) is 0 Å². The number of methoxy groups -OCH3 is 1. The molecular formula is C32H24N2O5. The fraction of sp³-hybridized carbons (Fsp3) is 0.0938. The molecule has 0 bridgehead atoms. The maximum atomic E-state index is 13.3. The van der Waals surface area contributed by atoms with Crippen LogP contribution in [-0.2, 0) is 9.53 Å². The van der Waals surface area contributed by atoms with E-state index in [-0.39, 0.29) is 0 Å². The number of para-hydroxylation sites is 2. The van der Waals surface area contributed by atoms with Gasteiger partial charge in [-0.25, -0.2) is 9.78 Å². The molecular weight excluding hydrogens is 492 g/mol. The van der Waals surface area contributed by atoms with Crippen molar-refractivity contribution in [3.8, 4) is 17.0 Å². The van der Waals surface area contributed by atoms with Crippen LogP contribution in [0.4, 0.5) is 5.69 Å². The van der Waals surface area contributed by atoms with Gasteiger partial charge in [-0.2, -0.15) is 0 Å². The van der Waals surface area contributed by atoms with Gasteiger partial charge in [0.1, 0.15) is 16.9 Å². The highest BCUT2D eigenvalue weighted by molar-refractivity contribution is 6.09. The smallest absolute Gasteiger partial charge is 0.339 e. The Kier molecular flexibility index (Phi) is 6.17. The fourth-order valence-electron chi connectivity index (χ4n) is 4.85. The maximum absolute atomic E-state index is 13.3. The molecule has 0 saturated heterocycles. The summed E-state index contributed by atoms with van der Waals surface area (Å²) >= 11 is 0. The zero-order valence-electron chi connectivity index (χ0n) is 21.4. The highest BCUT2D eigenvalue weighted by atomic mass is 16.5. The van der Waals surface area contributed by atoms with E-state index in [1.807, 2.05) is 91.9 Å². The largest absolute Gasteiger partial charge is 0.495 e. The Bertz CT molecular complexity index is 1880. The summed E-state index contributed by atoms with van der Waals surface area (Å²) in [5, 5.41) is 5.27. The number of benzene rings is 4. The molecule has 4 aromatic carbocycles. The molecule has 0 spiro atoms. The van der Waals surface area contributed by atoms with Crippen molar-refractivity contribution >= 4 is 50.4 Å². The summed E-state index contributed by atoms with van der Waals surface area (Å²) in [5.41, 5.74) is 5.08. The molecule has 6 aromatic rings.